The zero-order valence-electron chi connectivity index (χ0n) is 9.47. The number of nitrogens with zero attached hydrogens (tertiary/aromatic N) is 1. The average Bonchev–Trinajstić information content (AvgIpc) is 2.38. The van der Waals surface area contributed by atoms with Crippen molar-refractivity contribution in [2.24, 2.45) is 0 Å². The molecule has 0 saturated carbocycles. The Balaban J connectivity index is 1.86. The van der Waals surface area contributed by atoms with Crippen molar-refractivity contribution in [3.05, 3.63) is 59.4 Å². The summed E-state index contributed by atoms with van der Waals surface area (Å²) in [4.78, 5) is 15.3. The van der Waals surface area contributed by atoms with Gasteiger partial charge in [-0.1, -0.05) is 41.9 Å². The molecule has 2 aromatic rings. The van der Waals surface area contributed by atoms with Gasteiger partial charge in [0.25, 0.3) is 0 Å². The molecule has 2 rings (SSSR count). The van der Waals surface area contributed by atoms with Crippen LogP contribution >= 0.6 is 11.6 Å². The van der Waals surface area contributed by atoms with Gasteiger partial charge in [-0.25, -0.2) is 4.79 Å². The number of rotatable bonds is 3. The highest BCUT2D eigenvalue weighted by Crippen LogP contribution is 2.13. The van der Waals surface area contributed by atoms with Crippen molar-refractivity contribution in [3.8, 4) is 0 Å². The lowest BCUT2D eigenvalue weighted by Gasteiger charge is -2.06. The Morgan fingerprint density at radius 3 is 2.78 bits per heavy atom. The van der Waals surface area contributed by atoms with E-state index in [-0.39, 0.29) is 6.61 Å². The second kappa shape index (κ2) is 6.02. The first-order valence-electron chi connectivity index (χ1n) is 5.32. The Hall–Kier alpha value is -2.07. The quantitative estimate of drug-likeness (QED) is 0.921. The number of hydrogen-bond acceptors (Lipinski definition) is 3. The molecule has 0 aliphatic rings. The van der Waals surface area contributed by atoms with Crippen LogP contribution in [0.15, 0.2) is 48.8 Å². The number of nitrogens with one attached hydrogen (secondary N) is 1. The van der Waals surface area contributed by atoms with E-state index in [4.69, 9.17) is 16.3 Å². The van der Waals surface area contributed by atoms with Gasteiger partial charge in [0.05, 0.1) is 16.9 Å². The summed E-state index contributed by atoms with van der Waals surface area (Å²) in [5.74, 6) is 0. The van der Waals surface area contributed by atoms with Crippen LogP contribution in [0, 0.1) is 0 Å². The summed E-state index contributed by atoms with van der Waals surface area (Å²) in [6.45, 7) is 0.223. The van der Waals surface area contributed by atoms with Crippen molar-refractivity contribution in [1.29, 1.82) is 0 Å². The molecule has 1 N–H and O–H groups in total. The van der Waals surface area contributed by atoms with Gasteiger partial charge >= 0.3 is 6.09 Å². The molecular weight excluding hydrogens is 252 g/mol. The van der Waals surface area contributed by atoms with Crippen LogP contribution in [0.2, 0.25) is 5.02 Å². The summed E-state index contributed by atoms with van der Waals surface area (Å²) in [5.41, 5.74) is 1.43. The molecule has 1 aromatic heterocycles. The molecule has 1 heterocycles. The van der Waals surface area contributed by atoms with Gasteiger partial charge in [0, 0.05) is 6.20 Å². The predicted octanol–water partition coefficient (Wildman–Crippen LogP) is 3.48. The number of aromatic nitrogens is 1. The Bertz CT molecular complexity index is 532. The van der Waals surface area contributed by atoms with Crippen molar-refractivity contribution < 1.29 is 9.53 Å². The highest BCUT2D eigenvalue weighted by molar-refractivity contribution is 6.30. The molecule has 0 radical (unpaired) electrons. The number of carbonyl (C=O) groups is 1. The SMILES string of the molecule is O=C(Nc1cncc(Cl)c1)OCc1ccccc1. The van der Waals surface area contributed by atoms with Gasteiger partial charge in [-0.05, 0) is 11.6 Å². The third kappa shape index (κ3) is 3.75. The van der Waals surface area contributed by atoms with Gasteiger partial charge in [0.2, 0.25) is 0 Å². The first-order valence-corrected chi connectivity index (χ1v) is 5.70. The lowest BCUT2D eigenvalue weighted by atomic mass is 10.2. The normalized spacial score (nSPS) is 9.83. The maximum Gasteiger partial charge on any atom is 0.412 e. The largest absolute Gasteiger partial charge is 0.444 e. The molecule has 0 fully saturated rings. The molecule has 1 aromatic carbocycles. The van der Waals surface area contributed by atoms with E-state index in [2.05, 4.69) is 10.3 Å². The van der Waals surface area contributed by atoms with E-state index in [1.54, 1.807) is 6.07 Å². The van der Waals surface area contributed by atoms with E-state index < -0.39 is 6.09 Å². The second-order valence-electron chi connectivity index (χ2n) is 3.58. The molecule has 0 saturated heterocycles. The fourth-order valence-electron chi connectivity index (χ4n) is 1.36. The monoisotopic (exact) mass is 262 g/mol. The van der Waals surface area contributed by atoms with Crippen LogP contribution in [0.5, 0.6) is 0 Å². The topological polar surface area (TPSA) is 51.2 Å². The molecule has 0 atom stereocenters. The number of hydrogen-bond donors (Lipinski definition) is 1. The molecule has 0 aliphatic carbocycles. The maximum absolute atomic E-state index is 11.5. The lowest BCUT2D eigenvalue weighted by molar-refractivity contribution is 0.155. The molecule has 0 unspecified atom stereocenters. The Morgan fingerprint density at radius 1 is 1.28 bits per heavy atom. The number of halogens is 1. The van der Waals surface area contributed by atoms with Crippen molar-refractivity contribution in [2.45, 2.75) is 6.61 Å². The molecule has 0 bridgehead atoms. The minimum atomic E-state index is -0.539. The van der Waals surface area contributed by atoms with Crippen molar-refractivity contribution in [1.82, 2.24) is 4.98 Å². The third-order valence-corrected chi connectivity index (χ3v) is 2.37. The van der Waals surface area contributed by atoms with Crippen LogP contribution in [0.25, 0.3) is 0 Å². The van der Waals surface area contributed by atoms with Gasteiger partial charge < -0.3 is 4.74 Å². The van der Waals surface area contributed by atoms with Gasteiger partial charge in [0.1, 0.15) is 6.61 Å². The Labute approximate surface area is 110 Å². The molecule has 1 amide bonds. The van der Waals surface area contributed by atoms with Crippen LogP contribution in [-0.4, -0.2) is 11.1 Å². The minimum Gasteiger partial charge on any atom is -0.444 e. The molecule has 0 spiro atoms. The van der Waals surface area contributed by atoms with Gasteiger partial charge in [-0.15, -0.1) is 0 Å². The molecule has 5 heteroatoms. The van der Waals surface area contributed by atoms with E-state index in [1.165, 1.54) is 12.4 Å². The van der Waals surface area contributed by atoms with Crippen LogP contribution < -0.4 is 5.32 Å². The van der Waals surface area contributed by atoms with E-state index in [1.807, 2.05) is 30.3 Å². The van der Waals surface area contributed by atoms with Crippen molar-refractivity contribution in [3.63, 3.8) is 0 Å². The summed E-state index contributed by atoms with van der Waals surface area (Å²) in [6.07, 6.45) is 2.44. The average molecular weight is 263 g/mol. The maximum atomic E-state index is 11.5. The van der Waals surface area contributed by atoms with Gasteiger partial charge in [0.15, 0.2) is 0 Å². The van der Waals surface area contributed by atoms with Crippen LogP contribution in [0.3, 0.4) is 0 Å². The number of benzene rings is 1. The Morgan fingerprint density at radius 2 is 2.06 bits per heavy atom. The summed E-state index contributed by atoms with van der Waals surface area (Å²) in [6, 6.07) is 11.0. The number of amides is 1. The standard InChI is InChI=1S/C13H11ClN2O2/c14-11-6-12(8-15-7-11)16-13(17)18-9-10-4-2-1-3-5-10/h1-8H,9H2,(H,16,17). The Kier molecular flexibility index (Phi) is 4.15. The molecule has 4 nitrogen and oxygen atoms in total. The fraction of sp³-hybridized carbons (Fsp3) is 0.0769. The predicted molar refractivity (Wildman–Crippen MR) is 69.5 cm³/mol. The number of ether oxygens (including phenoxy) is 1. The van der Waals surface area contributed by atoms with E-state index >= 15 is 0 Å². The van der Waals surface area contributed by atoms with Crippen LogP contribution in [-0.2, 0) is 11.3 Å². The summed E-state index contributed by atoms with van der Waals surface area (Å²) in [5, 5.41) is 3.00. The zero-order valence-corrected chi connectivity index (χ0v) is 10.2. The highest BCUT2D eigenvalue weighted by Gasteiger charge is 2.04. The number of anilines is 1. The smallest absolute Gasteiger partial charge is 0.412 e. The van der Waals surface area contributed by atoms with E-state index in [0.29, 0.717) is 10.7 Å². The number of carbonyl (C=O) groups excluding carboxylic acids is 1. The lowest BCUT2D eigenvalue weighted by Crippen LogP contribution is -2.13. The molecule has 92 valence electrons. The summed E-state index contributed by atoms with van der Waals surface area (Å²) in [7, 11) is 0. The van der Waals surface area contributed by atoms with Crippen molar-refractivity contribution in [2.75, 3.05) is 5.32 Å². The first-order chi connectivity index (χ1) is 8.74. The number of pyridine rings is 1. The van der Waals surface area contributed by atoms with Crippen LogP contribution in [0.4, 0.5) is 10.5 Å². The van der Waals surface area contributed by atoms with Gasteiger partial charge in [-0.2, -0.15) is 0 Å². The van der Waals surface area contributed by atoms with E-state index in [9.17, 15) is 4.79 Å². The first kappa shape index (κ1) is 12.4. The highest BCUT2D eigenvalue weighted by atomic mass is 35.5. The zero-order chi connectivity index (χ0) is 12.8. The van der Waals surface area contributed by atoms with Gasteiger partial charge in [-0.3, -0.25) is 10.3 Å². The minimum absolute atomic E-state index is 0.223. The van der Waals surface area contributed by atoms with Crippen molar-refractivity contribution >= 4 is 23.4 Å². The van der Waals surface area contributed by atoms with Crippen LogP contribution in [0.1, 0.15) is 5.56 Å². The van der Waals surface area contributed by atoms with E-state index in [0.717, 1.165) is 5.56 Å². The molecule has 0 aliphatic heterocycles. The molecular formula is C13H11ClN2O2. The second-order valence-corrected chi connectivity index (χ2v) is 4.02. The fourth-order valence-corrected chi connectivity index (χ4v) is 1.53. The summed E-state index contributed by atoms with van der Waals surface area (Å²) >= 11 is 5.75. The summed E-state index contributed by atoms with van der Waals surface area (Å²) < 4.78 is 5.05. The molecule has 18 heavy (non-hydrogen) atoms. The third-order valence-electron chi connectivity index (χ3n) is 2.16.